The highest BCUT2D eigenvalue weighted by Crippen LogP contribution is 2.37. The molecule has 38 heavy (non-hydrogen) atoms. The van der Waals surface area contributed by atoms with Crippen LogP contribution < -0.4 is 4.74 Å². The first-order chi connectivity index (χ1) is 18.4. The fourth-order valence-corrected chi connectivity index (χ4v) is 4.37. The van der Waals surface area contributed by atoms with Gasteiger partial charge in [0.25, 0.3) is 0 Å². The fourth-order valence-electron chi connectivity index (χ4n) is 3.25. The van der Waals surface area contributed by atoms with Crippen LogP contribution in [0.2, 0.25) is 0 Å². The van der Waals surface area contributed by atoms with E-state index in [4.69, 9.17) is 9.47 Å². The van der Waals surface area contributed by atoms with E-state index in [1.165, 1.54) is 16.9 Å². The molecule has 4 aromatic rings. The lowest BCUT2D eigenvalue weighted by atomic mass is 10.1. The molecule has 0 fully saturated rings. The van der Waals surface area contributed by atoms with Crippen molar-refractivity contribution in [3.8, 4) is 26.8 Å². The minimum absolute atomic E-state index is 0.0663. The highest BCUT2D eigenvalue weighted by Gasteiger charge is 2.21. The van der Waals surface area contributed by atoms with Gasteiger partial charge in [0.2, 0.25) is 0 Å². The zero-order valence-electron chi connectivity index (χ0n) is 22.6. The SMILES string of the molecule is C=C/C=C(\C)OC.CC.Cc1ccc(OCc2ccccc2-c2sc(-c3ccccc3)nc2C(=O)O)cc1. The predicted molar refractivity (Wildman–Crippen MR) is 158 cm³/mol. The number of nitrogens with zero attached hydrogens (tertiary/aromatic N) is 1. The van der Waals surface area contributed by atoms with Gasteiger partial charge >= 0.3 is 5.97 Å². The number of aromatic carboxylic acids is 1. The number of aryl methyl sites for hydroxylation is 1. The molecule has 0 aliphatic carbocycles. The van der Waals surface area contributed by atoms with E-state index in [0.717, 1.165) is 28.2 Å². The lowest BCUT2D eigenvalue weighted by Crippen LogP contribution is -2.02. The van der Waals surface area contributed by atoms with Crippen molar-refractivity contribution in [1.29, 1.82) is 0 Å². The van der Waals surface area contributed by atoms with Crippen LogP contribution in [0.3, 0.4) is 0 Å². The third-order valence-electron chi connectivity index (χ3n) is 5.20. The van der Waals surface area contributed by atoms with E-state index in [2.05, 4.69) is 11.6 Å². The van der Waals surface area contributed by atoms with Crippen molar-refractivity contribution in [2.75, 3.05) is 7.11 Å². The Hall–Kier alpha value is -4.16. The second kappa shape index (κ2) is 15.8. The molecule has 3 aromatic carbocycles. The summed E-state index contributed by atoms with van der Waals surface area (Å²) in [6.07, 6.45) is 3.50. The summed E-state index contributed by atoms with van der Waals surface area (Å²) in [5.74, 6) is 0.626. The maximum Gasteiger partial charge on any atom is 0.356 e. The minimum Gasteiger partial charge on any atom is -0.501 e. The van der Waals surface area contributed by atoms with Gasteiger partial charge in [-0.3, -0.25) is 0 Å². The van der Waals surface area contributed by atoms with Gasteiger partial charge in [-0.1, -0.05) is 98.8 Å². The summed E-state index contributed by atoms with van der Waals surface area (Å²) in [5, 5.41) is 10.4. The zero-order valence-corrected chi connectivity index (χ0v) is 23.4. The third-order valence-corrected chi connectivity index (χ3v) is 6.34. The average Bonchev–Trinajstić information content (AvgIpc) is 3.41. The van der Waals surface area contributed by atoms with E-state index in [0.29, 0.717) is 16.5 Å². The number of carbonyl (C=O) groups is 1. The predicted octanol–water partition coefficient (Wildman–Crippen LogP) is 8.81. The molecule has 1 heterocycles. The Morgan fingerprint density at radius 3 is 2.21 bits per heavy atom. The van der Waals surface area contributed by atoms with E-state index in [9.17, 15) is 9.90 Å². The number of hydrogen-bond acceptors (Lipinski definition) is 5. The Labute approximate surface area is 229 Å². The van der Waals surface area contributed by atoms with Gasteiger partial charge in [0.15, 0.2) is 5.69 Å². The Morgan fingerprint density at radius 2 is 1.63 bits per heavy atom. The number of rotatable bonds is 8. The molecular formula is C32H35NO4S. The van der Waals surface area contributed by atoms with Crippen LogP contribution in [-0.4, -0.2) is 23.2 Å². The van der Waals surface area contributed by atoms with Crippen molar-refractivity contribution in [2.24, 2.45) is 0 Å². The minimum atomic E-state index is -1.03. The van der Waals surface area contributed by atoms with E-state index in [1.54, 1.807) is 19.3 Å². The molecule has 0 amide bonds. The molecule has 1 N–H and O–H groups in total. The number of carboxylic acid groups (broad SMARTS) is 1. The number of allylic oxidation sites excluding steroid dienone is 3. The maximum atomic E-state index is 11.9. The molecule has 0 saturated carbocycles. The molecule has 0 radical (unpaired) electrons. The number of carboxylic acids is 1. The third kappa shape index (κ3) is 8.75. The summed E-state index contributed by atoms with van der Waals surface area (Å²) < 4.78 is 10.7. The van der Waals surface area contributed by atoms with Crippen molar-refractivity contribution in [1.82, 2.24) is 4.98 Å². The molecule has 0 spiro atoms. The maximum absolute atomic E-state index is 11.9. The van der Waals surface area contributed by atoms with Crippen LogP contribution in [0.1, 0.15) is 42.4 Å². The van der Waals surface area contributed by atoms with Crippen LogP contribution in [0.4, 0.5) is 0 Å². The van der Waals surface area contributed by atoms with Crippen molar-refractivity contribution in [3.63, 3.8) is 0 Å². The number of methoxy groups -OCH3 is 1. The van der Waals surface area contributed by atoms with Crippen molar-refractivity contribution < 1.29 is 19.4 Å². The Morgan fingerprint density at radius 1 is 1.00 bits per heavy atom. The van der Waals surface area contributed by atoms with Gasteiger partial charge in [-0.2, -0.15) is 0 Å². The molecule has 0 aliphatic heterocycles. The van der Waals surface area contributed by atoms with Gasteiger partial charge in [0.1, 0.15) is 17.4 Å². The second-order valence-electron chi connectivity index (χ2n) is 7.84. The summed E-state index contributed by atoms with van der Waals surface area (Å²) in [5.41, 5.74) is 3.88. The van der Waals surface area contributed by atoms with Crippen LogP contribution in [-0.2, 0) is 11.3 Å². The fraction of sp³-hybridized carbons (Fsp3) is 0.188. The van der Waals surface area contributed by atoms with Gasteiger partial charge in [-0.05, 0) is 37.6 Å². The average molecular weight is 530 g/mol. The van der Waals surface area contributed by atoms with Gasteiger partial charge in [-0.25, -0.2) is 9.78 Å². The van der Waals surface area contributed by atoms with Crippen molar-refractivity contribution >= 4 is 17.3 Å². The first-order valence-corrected chi connectivity index (χ1v) is 13.1. The summed E-state index contributed by atoms with van der Waals surface area (Å²) >= 11 is 1.38. The lowest BCUT2D eigenvalue weighted by Gasteiger charge is -2.11. The normalized spacial score (nSPS) is 10.3. The highest BCUT2D eigenvalue weighted by molar-refractivity contribution is 7.18. The molecule has 0 aliphatic rings. The Kier molecular flexibility index (Phi) is 12.5. The standard InChI is InChI=1S/C24H19NO3S.C6H10O.C2H6/c1-16-11-13-19(14-12-16)28-15-18-9-5-6-10-20(18)22-21(24(26)27)25-23(29-22)17-7-3-2-4-8-17;1-4-5-6(2)7-3;1-2/h2-14H,15H2,1H3,(H,26,27);4-5H,1H2,2-3H3;1-2H3/b;6-5+;. The largest absolute Gasteiger partial charge is 0.501 e. The number of hydrogen-bond donors (Lipinski definition) is 1. The Balaban J connectivity index is 0.000000491. The summed E-state index contributed by atoms with van der Waals surface area (Å²) in [6, 6.07) is 25.2. The number of thiazole rings is 1. The zero-order chi connectivity index (χ0) is 27.9. The molecule has 0 unspecified atom stereocenters. The number of ether oxygens (including phenoxy) is 2. The summed E-state index contributed by atoms with van der Waals surface area (Å²) in [7, 11) is 1.63. The summed E-state index contributed by atoms with van der Waals surface area (Å²) in [6.45, 7) is 11.7. The van der Waals surface area contributed by atoms with Crippen LogP contribution in [0.15, 0.2) is 103 Å². The van der Waals surface area contributed by atoms with Gasteiger partial charge < -0.3 is 14.6 Å². The lowest BCUT2D eigenvalue weighted by molar-refractivity contribution is 0.0692. The first kappa shape index (κ1) is 30.1. The second-order valence-corrected chi connectivity index (χ2v) is 8.84. The van der Waals surface area contributed by atoms with E-state index in [1.807, 2.05) is 107 Å². The molecule has 6 heteroatoms. The van der Waals surface area contributed by atoms with Crippen LogP contribution in [0, 0.1) is 6.92 Å². The van der Waals surface area contributed by atoms with E-state index >= 15 is 0 Å². The van der Waals surface area contributed by atoms with Crippen molar-refractivity contribution in [2.45, 2.75) is 34.3 Å². The molecule has 0 saturated heterocycles. The molecule has 0 bridgehead atoms. The van der Waals surface area contributed by atoms with Crippen LogP contribution >= 0.6 is 11.3 Å². The molecule has 5 nitrogen and oxygen atoms in total. The van der Waals surface area contributed by atoms with Crippen LogP contribution in [0.5, 0.6) is 5.75 Å². The van der Waals surface area contributed by atoms with Crippen LogP contribution in [0.25, 0.3) is 21.0 Å². The molecule has 0 atom stereocenters. The van der Waals surface area contributed by atoms with Crippen molar-refractivity contribution in [3.05, 3.63) is 120 Å². The molecule has 4 rings (SSSR count). The monoisotopic (exact) mass is 529 g/mol. The number of benzene rings is 3. The van der Waals surface area contributed by atoms with Gasteiger partial charge in [0, 0.05) is 11.1 Å². The topological polar surface area (TPSA) is 68.7 Å². The number of aromatic nitrogens is 1. The molecular weight excluding hydrogens is 494 g/mol. The van der Waals surface area contributed by atoms with Gasteiger partial charge in [0.05, 0.1) is 17.7 Å². The summed E-state index contributed by atoms with van der Waals surface area (Å²) in [4.78, 5) is 16.9. The quantitative estimate of drug-likeness (QED) is 0.182. The van der Waals surface area contributed by atoms with Gasteiger partial charge in [-0.15, -0.1) is 11.3 Å². The van der Waals surface area contributed by atoms with E-state index < -0.39 is 5.97 Å². The highest BCUT2D eigenvalue weighted by atomic mass is 32.1. The smallest absolute Gasteiger partial charge is 0.356 e. The first-order valence-electron chi connectivity index (χ1n) is 12.3. The molecule has 1 aromatic heterocycles. The molecule has 198 valence electrons. The Bertz CT molecular complexity index is 1330. The van der Waals surface area contributed by atoms with E-state index in [-0.39, 0.29) is 5.69 Å².